The Morgan fingerprint density at radius 1 is 1.26 bits per heavy atom. The zero-order chi connectivity index (χ0) is 14.4. The quantitative estimate of drug-likeness (QED) is 0.813. The Morgan fingerprint density at radius 3 is 2.42 bits per heavy atom. The van der Waals surface area contributed by atoms with E-state index in [1.54, 1.807) is 0 Å². The average Bonchev–Trinajstić information content (AvgIpc) is 2.35. The van der Waals surface area contributed by atoms with E-state index in [1.807, 2.05) is 6.07 Å². The molecule has 0 aromatic heterocycles. The molecule has 0 saturated carbocycles. The van der Waals surface area contributed by atoms with Crippen LogP contribution < -0.4 is 5.32 Å². The van der Waals surface area contributed by atoms with Crippen molar-refractivity contribution in [2.45, 2.75) is 39.8 Å². The summed E-state index contributed by atoms with van der Waals surface area (Å²) in [6, 6.07) is 5.45. The smallest absolute Gasteiger partial charge is 0.124 e. The Labute approximate surface area is 124 Å². The summed E-state index contributed by atoms with van der Waals surface area (Å²) in [5.41, 5.74) is 1.09. The molecular formula is C15H24BrFN2. The molecule has 0 amide bonds. The summed E-state index contributed by atoms with van der Waals surface area (Å²) in [5, 5.41) is 3.56. The standard InChI is InChI=1S/C15H24BrFN2/c1-5-19(6-2)10-11(3)18-12(4)14-8-7-13(17)9-15(14)16/h7-9,11-12,18H,5-6,10H2,1-4H3. The fraction of sp³-hybridized carbons (Fsp3) is 0.600. The normalized spacial score (nSPS) is 14.7. The van der Waals surface area contributed by atoms with Gasteiger partial charge in [0.05, 0.1) is 0 Å². The molecule has 0 aliphatic carbocycles. The van der Waals surface area contributed by atoms with E-state index >= 15 is 0 Å². The zero-order valence-corrected chi connectivity index (χ0v) is 13.8. The molecule has 0 aliphatic heterocycles. The van der Waals surface area contributed by atoms with Gasteiger partial charge >= 0.3 is 0 Å². The van der Waals surface area contributed by atoms with Crippen LogP contribution >= 0.6 is 15.9 Å². The Morgan fingerprint density at radius 2 is 1.89 bits per heavy atom. The Kier molecular flexibility index (Phi) is 6.97. The fourth-order valence-electron chi connectivity index (χ4n) is 2.29. The third kappa shape index (κ3) is 5.21. The van der Waals surface area contributed by atoms with Gasteiger partial charge in [0.1, 0.15) is 5.82 Å². The van der Waals surface area contributed by atoms with Crippen LogP contribution in [0.1, 0.15) is 39.3 Å². The molecule has 2 unspecified atom stereocenters. The van der Waals surface area contributed by atoms with Crippen molar-refractivity contribution in [3.05, 3.63) is 34.1 Å². The van der Waals surface area contributed by atoms with Crippen LogP contribution in [0.2, 0.25) is 0 Å². The molecule has 0 spiro atoms. The Balaban J connectivity index is 2.61. The van der Waals surface area contributed by atoms with Gasteiger partial charge < -0.3 is 10.2 Å². The van der Waals surface area contributed by atoms with Crippen LogP contribution in [-0.2, 0) is 0 Å². The lowest BCUT2D eigenvalue weighted by molar-refractivity contribution is 0.263. The largest absolute Gasteiger partial charge is 0.306 e. The van der Waals surface area contributed by atoms with Crippen molar-refractivity contribution in [1.29, 1.82) is 0 Å². The first-order chi connectivity index (χ1) is 8.97. The first-order valence-corrected chi connectivity index (χ1v) is 7.70. The average molecular weight is 331 g/mol. The number of hydrogen-bond acceptors (Lipinski definition) is 2. The molecule has 4 heteroatoms. The van der Waals surface area contributed by atoms with Gasteiger partial charge in [-0.1, -0.05) is 35.8 Å². The van der Waals surface area contributed by atoms with Crippen LogP contribution in [0, 0.1) is 5.82 Å². The topological polar surface area (TPSA) is 15.3 Å². The molecular weight excluding hydrogens is 307 g/mol. The first kappa shape index (κ1) is 16.6. The van der Waals surface area contributed by atoms with E-state index in [2.05, 4.69) is 53.8 Å². The summed E-state index contributed by atoms with van der Waals surface area (Å²) in [7, 11) is 0. The maximum absolute atomic E-state index is 13.1. The predicted octanol–water partition coefficient (Wildman–Crippen LogP) is 3.97. The minimum atomic E-state index is -0.209. The minimum Gasteiger partial charge on any atom is -0.306 e. The third-order valence-corrected chi connectivity index (χ3v) is 4.08. The highest BCUT2D eigenvalue weighted by Gasteiger charge is 2.14. The molecule has 1 N–H and O–H groups in total. The molecule has 0 aliphatic rings. The van der Waals surface area contributed by atoms with Gasteiger partial charge in [-0.3, -0.25) is 0 Å². The molecule has 0 heterocycles. The monoisotopic (exact) mass is 330 g/mol. The lowest BCUT2D eigenvalue weighted by Gasteiger charge is -2.26. The second kappa shape index (κ2) is 7.98. The van der Waals surface area contributed by atoms with Crippen LogP contribution in [0.15, 0.2) is 22.7 Å². The fourth-order valence-corrected chi connectivity index (χ4v) is 2.99. The van der Waals surface area contributed by atoms with Crippen molar-refractivity contribution in [3.63, 3.8) is 0 Å². The molecule has 2 atom stereocenters. The van der Waals surface area contributed by atoms with Crippen molar-refractivity contribution < 1.29 is 4.39 Å². The second-order valence-corrected chi connectivity index (χ2v) is 5.80. The lowest BCUT2D eigenvalue weighted by atomic mass is 10.1. The third-order valence-electron chi connectivity index (χ3n) is 3.39. The molecule has 2 nitrogen and oxygen atoms in total. The summed E-state index contributed by atoms with van der Waals surface area (Å²) in [6.07, 6.45) is 0. The Hall–Kier alpha value is -0.450. The van der Waals surface area contributed by atoms with Crippen LogP contribution in [0.3, 0.4) is 0 Å². The van der Waals surface area contributed by atoms with Gasteiger partial charge in [0, 0.05) is 23.1 Å². The van der Waals surface area contributed by atoms with Crippen LogP contribution in [0.5, 0.6) is 0 Å². The van der Waals surface area contributed by atoms with Crippen molar-refractivity contribution >= 4 is 15.9 Å². The molecule has 108 valence electrons. The molecule has 19 heavy (non-hydrogen) atoms. The van der Waals surface area contributed by atoms with E-state index < -0.39 is 0 Å². The zero-order valence-electron chi connectivity index (χ0n) is 12.2. The van der Waals surface area contributed by atoms with Gasteiger partial charge in [-0.05, 0) is 44.6 Å². The summed E-state index contributed by atoms with van der Waals surface area (Å²) in [4.78, 5) is 2.39. The maximum atomic E-state index is 13.1. The number of hydrogen-bond donors (Lipinski definition) is 1. The molecule has 0 radical (unpaired) electrons. The second-order valence-electron chi connectivity index (χ2n) is 4.94. The highest BCUT2D eigenvalue weighted by atomic mass is 79.9. The number of nitrogens with one attached hydrogen (secondary N) is 1. The van der Waals surface area contributed by atoms with E-state index in [0.717, 1.165) is 29.7 Å². The van der Waals surface area contributed by atoms with Crippen molar-refractivity contribution in [2.75, 3.05) is 19.6 Å². The molecule has 1 aromatic carbocycles. The summed E-state index contributed by atoms with van der Waals surface area (Å²) in [5.74, 6) is -0.209. The van der Waals surface area contributed by atoms with E-state index in [-0.39, 0.29) is 11.9 Å². The van der Waals surface area contributed by atoms with Gasteiger partial charge in [0.25, 0.3) is 0 Å². The molecule has 0 bridgehead atoms. The number of benzene rings is 1. The Bertz CT molecular complexity index is 394. The van der Waals surface area contributed by atoms with Gasteiger partial charge in [-0.15, -0.1) is 0 Å². The molecule has 1 rings (SSSR count). The van der Waals surface area contributed by atoms with Gasteiger partial charge in [0.15, 0.2) is 0 Å². The van der Waals surface area contributed by atoms with Crippen LogP contribution in [-0.4, -0.2) is 30.6 Å². The van der Waals surface area contributed by atoms with E-state index in [0.29, 0.717) is 6.04 Å². The highest BCUT2D eigenvalue weighted by molar-refractivity contribution is 9.10. The molecule has 1 aromatic rings. The van der Waals surface area contributed by atoms with Gasteiger partial charge in [0.2, 0.25) is 0 Å². The van der Waals surface area contributed by atoms with Crippen molar-refractivity contribution in [1.82, 2.24) is 10.2 Å². The summed E-state index contributed by atoms with van der Waals surface area (Å²) in [6.45, 7) is 11.8. The first-order valence-electron chi connectivity index (χ1n) is 6.91. The van der Waals surface area contributed by atoms with Crippen LogP contribution in [0.25, 0.3) is 0 Å². The molecule has 0 fully saturated rings. The SMILES string of the molecule is CCN(CC)CC(C)NC(C)c1ccc(F)cc1Br. The van der Waals surface area contributed by atoms with E-state index in [4.69, 9.17) is 0 Å². The molecule has 0 saturated heterocycles. The van der Waals surface area contributed by atoms with E-state index in [1.165, 1.54) is 12.1 Å². The van der Waals surface area contributed by atoms with Gasteiger partial charge in [-0.2, -0.15) is 0 Å². The number of halogens is 2. The highest BCUT2D eigenvalue weighted by Crippen LogP contribution is 2.24. The van der Waals surface area contributed by atoms with Crippen LogP contribution in [0.4, 0.5) is 4.39 Å². The van der Waals surface area contributed by atoms with Gasteiger partial charge in [-0.25, -0.2) is 4.39 Å². The summed E-state index contributed by atoms with van der Waals surface area (Å²) < 4.78 is 13.9. The number of rotatable bonds is 7. The minimum absolute atomic E-state index is 0.195. The number of nitrogens with zero attached hydrogens (tertiary/aromatic N) is 1. The number of likely N-dealkylation sites (N-methyl/N-ethyl adjacent to an activating group) is 1. The van der Waals surface area contributed by atoms with Crippen molar-refractivity contribution in [2.24, 2.45) is 0 Å². The maximum Gasteiger partial charge on any atom is 0.124 e. The predicted molar refractivity (Wildman–Crippen MR) is 82.9 cm³/mol. The van der Waals surface area contributed by atoms with E-state index in [9.17, 15) is 4.39 Å². The van der Waals surface area contributed by atoms with Crippen molar-refractivity contribution in [3.8, 4) is 0 Å². The summed E-state index contributed by atoms with van der Waals surface area (Å²) >= 11 is 3.43. The lowest BCUT2D eigenvalue weighted by Crippen LogP contribution is -2.40.